The normalized spacial score (nSPS) is 11.3. The summed E-state index contributed by atoms with van der Waals surface area (Å²) in [5.41, 5.74) is 1.43. The molecule has 0 aliphatic carbocycles. The molecule has 0 N–H and O–H groups in total. The molecule has 3 aromatic rings. The number of carbonyl (C=O) groups excluding carboxylic acids is 1. The zero-order valence-electron chi connectivity index (χ0n) is 15.8. The van der Waals surface area contributed by atoms with Gasteiger partial charge in [-0.15, -0.1) is 6.58 Å². The van der Waals surface area contributed by atoms with Gasteiger partial charge in [0, 0.05) is 5.39 Å². The maximum atomic E-state index is 14.4. The summed E-state index contributed by atoms with van der Waals surface area (Å²) in [5, 5.41) is 0.415. The van der Waals surface area contributed by atoms with E-state index in [4.69, 9.17) is 4.74 Å². The summed E-state index contributed by atoms with van der Waals surface area (Å²) in [6, 6.07) is 13.6. The van der Waals surface area contributed by atoms with Crippen molar-refractivity contribution in [1.82, 2.24) is 0 Å². The summed E-state index contributed by atoms with van der Waals surface area (Å²) in [7, 11) is 0. The molecule has 0 amide bonds. The van der Waals surface area contributed by atoms with E-state index < -0.39 is 30.3 Å². The highest BCUT2D eigenvalue weighted by Gasteiger charge is 2.29. The molecule has 156 valence electrons. The smallest absolute Gasteiger partial charge is 0.422 e. The molecule has 0 aromatic heterocycles. The van der Waals surface area contributed by atoms with Crippen molar-refractivity contribution < 1.29 is 31.8 Å². The third-order valence-corrected chi connectivity index (χ3v) is 4.32. The minimum absolute atomic E-state index is 0.0565. The van der Waals surface area contributed by atoms with Crippen molar-refractivity contribution >= 4 is 16.7 Å². The van der Waals surface area contributed by atoms with Gasteiger partial charge >= 0.3 is 12.1 Å². The fourth-order valence-electron chi connectivity index (χ4n) is 2.83. The van der Waals surface area contributed by atoms with E-state index in [0.29, 0.717) is 10.9 Å². The first-order valence-electron chi connectivity index (χ1n) is 9.10. The van der Waals surface area contributed by atoms with E-state index in [-0.39, 0.29) is 11.1 Å². The Morgan fingerprint density at radius 3 is 2.43 bits per heavy atom. The number of carbonyl (C=O) groups is 1. The quantitative estimate of drug-likeness (QED) is 0.197. The molecule has 3 aromatic carbocycles. The van der Waals surface area contributed by atoms with E-state index in [1.165, 1.54) is 24.3 Å². The van der Waals surface area contributed by atoms with Crippen molar-refractivity contribution in [2.45, 2.75) is 19.0 Å². The molecule has 0 fully saturated rings. The van der Waals surface area contributed by atoms with Gasteiger partial charge in [0.2, 0.25) is 0 Å². The van der Waals surface area contributed by atoms with Crippen molar-refractivity contribution in [2.75, 3.05) is 6.61 Å². The molecule has 0 saturated heterocycles. The topological polar surface area (TPSA) is 35.5 Å². The van der Waals surface area contributed by atoms with Gasteiger partial charge in [-0.25, -0.2) is 9.18 Å². The van der Waals surface area contributed by atoms with Crippen LogP contribution in [0.2, 0.25) is 0 Å². The molecule has 0 aliphatic heterocycles. The number of fused-ring (bicyclic) bond motifs is 1. The van der Waals surface area contributed by atoms with Crippen molar-refractivity contribution in [3.8, 4) is 11.5 Å². The predicted octanol–water partition coefficient (Wildman–Crippen LogP) is 6.26. The summed E-state index contributed by atoms with van der Waals surface area (Å²) in [4.78, 5) is 12.3. The summed E-state index contributed by atoms with van der Waals surface area (Å²) in [6.07, 6.45) is -1.09. The molecule has 0 unspecified atom stereocenters. The maximum Gasteiger partial charge on any atom is 0.422 e. The summed E-state index contributed by atoms with van der Waals surface area (Å²) in [6.45, 7) is 2.08. The van der Waals surface area contributed by atoms with Crippen LogP contribution >= 0.6 is 0 Å². The van der Waals surface area contributed by atoms with Gasteiger partial charge < -0.3 is 9.47 Å². The number of aryl methyl sites for hydroxylation is 1. The van der Waals surface area contributed by atoms with Gasteiger partial charge in [-0.1, -0.05) is 24.3 Å². The van der Waals surface area contributed by atoms with Gasteiger partial charge in [0.1, 0.15) is 5.75 Å². The molecular weight excluding hydrogens is 400 g/mol. The van der Waals surface area contributed by atoms with E-state index in [1.54, 1.807) is 12.1 Å². The number of hydrogen-bond donors (Lipinski definition) is 0. The Morgan fingerprint density at radius 1 is 1.03 bits per heavy atom. The molecule has 3 rings (SSSR count). The number of hydrogen-bond acceptors (Lipinski definition) is 3. The monoisotopic (exact) mass is 418 g/mol. The summed E-state index contributed by atoms with van der Waals surface area (Å²) < 4.78 is 61.1. The number of rotatable bonds is 7. The van der Waals surface area contributed by atoms with Crippen LogP contribution in [-0.4, -0.2) is 18.8 Å². The Hall–Kier alpha value is -3.35. The van der Waals surface area contributed by atoms with Crippen molar-refractivity contribution in [3.05, 3.63) is 84.2 Å². The van der Waals surface area contributed by atoms with Gasteiger partial charge in [0.05, 0.1) is 5.56 Å². The lowest BCUT2D eigenvalue weighted by molar-refractivity contribution is -0.153. The largest absolute Gasteiger partial charge is 0.481 e. The second-order valence-corrected chi connectivity index (χ2v) is 6.58. The minimum Gasteiger partial charge on any atom is -0.481 e. The Kier molecular flexibility index (Phi) is 6.40. The van der Waals surface area contributed by atoms with Crippen LogP contribution in [0.4, 0.5) is 17.6 Å². The molecule has 0 atom stereocenters. The number of halogens is 4. The van der Waals surface area contributed by atoms with Gasteiger partial charge in [-0.2, -0.15) is 13.2 Å². The third kappa shape index (κ3) is 5.37. The molecule has 0 bridgehead atoms. The lowest BCUT2D eigenvalue weighted by Crippen LogP contribution is -2.19. The van der Waals surface area contributed by atoms with Crippen LogP contribution in [0.25, 0.3) is 10.8 Å². The van der Waals surface area contributed by atoms with E-state index in [0.717, 1.165) is 24.5 Å². The molecule has 0 saturated carbocycles. The van der Waals surface area contributed by atoms with Crippen LogP contribution in [0.3, 0.4) is 0 Å². The molecule has 0 spiro atoms. The Morgan fingerprint density at radius 2 is 1.77 bits per heavy atom. The van der Waals surface area contributed by atoms with E-state index in [2.05, 4.69) is 11.3 Å². The highest BCUT2D eigenvalue weighted by Crippen LogP contribution is 2.30. The Bertz CT molecular complexity index is 1060. The second kappa shape index (κ2) is 8.98. The molecule has 30 heavy (non-hydrogen) atoms. The molecule has 0 heterocycles. The summed E-state index contributed by atoms with van der Waals surface area (Å²) in [5.74, 6) is -1.80. The van der Waals surface area contributed by atoms with Gasteiger partial charge in [0.25, 0.3) is 0 Å². The zero-order valence-corrected chi connectivity index (χ0v) is 15.8. The first-order valence-corrected chi connectivity index (χ1v) is 9.10. The number of ether oxygens (including phenoxy) is 2. The van der Waals surface area contributed by atoms with Crippen LogP contribution < -0.4 is 9.47 Å². The average Bonchev–Trinajstić information content (AvgIpc) is 2.71. The average molecular weight is 418 g/mol. The van der Waals surface area contributed by atoms with Crippen LogP contribution in [-0.2, 0) is 6.42 Å². The van der Waals surface area contributed by atoms with Crippen molar-refractivity contribution in [3.63, 3.8) is 0 Å². The van der Waals surface area contributed by atoms with Gasteiger partial charge in [-0.3, -0.25) is 0 Å². The standard InChI is InChI=1S/C23H18F4O3/c1-2-3-4-15-5-7-16(8-6-15)22(28)30-18-10-11-19-17(13-18)9-12-20(21(19)24)29-14-23(25,26)27/h2,5-13H,1,3-4,14H2. The Balaban J connectivity index is 1.73. The van der Waals surface area contributed by atoms with Crippen LogP contribution in [0, 0.1) is 5.82 Å². The molecule has 7 heteroatoms. The maximum absolute atomic E-state index is 14.4. The number of alkyl halides is 3. The van der Waals surface area contributed by atoms with E-state index in [9.17, 15) is 22.4 Å². The summed E-state index contributed by atoms with van der Waals surface area (Å²) >= 11 is 0. The highest BCUT2D eigenvalue weighted by molar-refractivity contribution is 5.92. The van der Waals surface area contributed by atoms with Gasteiger partial charge in [-0.05, 0) is 60.2 Å². The highest BCUT2D eigenvalue weighted by atomic mass is 19.4. The fraction of sp³-hybridized carbons (Fsp3) is 0.174. The van der Waals surface area contributed by atoms with Crippen LogP contribution in [0.15, 0.2) is 67.3 Å². The van der Waals surface area contributed by atoms with E-state index in [1.807, 2.05) is 18.2 Å². The third-order valence-electron chi connectivity index (χ3n) is 4.32. The van der Waals surface area contributed by atoms with Crippen LogP contribution in [0.1, 0.15) is 22.3 Å². The van der Waals surface area contributed by atoms with Crippen molar-refractivity contribution in [1.29, 1.82) is 0 Å². The number of esters is 1. The molecule has 0 aliphatic rings. The fourth-order valence-corrected chi connectivity index (χ4v) is 2.83. The lowest BCUT2D eigenvalue weighted by atomic mass is 10.1. The lowest BCUT2D eigenvalue weighted by Gasteiger charge is -2.12. The predicted molar refractivity (Wildman–Crippen MR) is 105 cm³/mol. The number of allylic oxidation sites excluding steroid dienone is 1. The SMILES string of the molecule is C=CCCc1ccc(C(=O)Oc2ccc3c(F)c(OCC(F)(F)F)ccc3c2)cc1. The van der Waals surface area contributed by atoms with Crippen LogP contribution in [0.5, 0.6) is 11.5 Å². The number of benzene rings is 3. The minimum atomic E-state index is -4.57. The molecular formula is C23H18F4O3. The molecule has 0 radical (unpaired) electrons. The van der Waals surface area contributed by atoms with E-state index >= 15 is 0 Å². The van der Waals surface area contributed by atoms with Gasteiger partial charge in [0.15, 0.2) is 18.2 Å². The zero-order chi connectivity index (χ0) is 21.7. The first-order chi connectivity index (χ1) is 14.3. The van der Waals surface area contributed by atoms with Crippen molar-refractivity contribution in [2.24, 2.45) is 0 Å². The second-order valence-electron chi connectivity index (χ2n) is 6.58. The molecule has 3 nitrogen and oxygen atoms in total. The first kappa shape index (κ1) is 21.4. The Labute approximate surface area is 170 Å².